The lowest BCUT2D eigenvalue weighted by Crippen LogP contribution is -2.21. The second-order valence-corrected chi connectivity index (χ2v) is 4.07. The summed E-state index contributed by atoms with van der Waals surface area (Å²) in [4.78, 5) is 19.8. The number of anilines is 1. The molecule has 4 nitrogen and oxygen atoms in total. The van der Waals surface area contributed by atoms with E-state index in [1.54, 1.807) is 12.3 Å². The average molecular weight is 219 g/mol. The molecule has 0 aliphatic rings. The van der Waals surface area contributed by atoms with E-state index in [1.165, 1.54) is 0 Å². The highest BCUT2D eigenvalue weighted by molar-refractivity contribution is 5.90. The molecule has 1 aromatic heterocycles. The summed E-state index contributed by atoms with van der Waals surface area (Å²) in [5.74, 6) is 0.175. The summed E-state index contributed by atoms with van der Waals surface area (Å²) < 4.78 is 0. The minimum Gasteiger partial charge on any atom is -0.294 e. The molecule has 0 aliphatic heterocycles. The lowest BCUT2D eigenvalue weighted by molar-refractivity contribution is -0.119. The van der Waals surface area contributed by atoms with Crippen molar-refractivity contribution in [1.29, 1.82) is 0 Å². The zero-order valence-electron chi connectivity index (χ0n) is 9.95. The van der Waals surface area contributed by atoms with Gasteiger partial charge in [-0.3, -0.25) is 10.1 Å². The van der Waals surface area contributed by atoms with Gasteiger partial charge in [0.25, 0.3) is 0 Å². The molecule has 4 heteroatoms. The van der Waals surface area contributed by atoms with Crippen LogP contribution in [0.5, 0.6) is 0 Å². The van der Waals surface area contributed by atoms with Gasteiger partial charge in [-0.1, -0.05) is 12.5 Å². The monoisotopic (exact) mass is 219 g/mol. The minimum atomic E-state index is -0.110. The van der Waals surface area contributed by atoms with E-state index in [1.807, 2.05) is 20.8 Å². The van der Waals surface area contributed by atoms with Crippen molar-refractivity contribution in [1.82, 2.24) is 9.97 Å². The number of carbonyl (C=O) groups is 1. The molecule has 0 bridgehead atoms. The summed E-state index contributed by atoms with van der Waals surface area (Å²) >= 11 is 0. The van der Waals surface area contributed by atoms with Gasteiger partial charge in [0.1, 0.15) is 0 Å². The molecule has 0 unspecified atom stereocenters. The maximum atomic E-state index is 11.7. The molecule has 1 rings (SSSR count). The maximum Gasteiger partial charge on any atom is 0.229 e. The molecule has 0 radical (unpaired) electrons. The van der Waals surface area contributed by atoms with Crippen molar-refractivity contribution >= 4 is 11.9 Å². The van der Waals surface area contributed by atoms with Crippen LogP contribution in [0.3, 0.4) is 0 Å². The van der Waals surface area contributed by atoms with Crippen LogP contribution in [0.15, 0.2) is 24.4 Å². The van der Waals surface area contributed by atoms with Gasteiger partial charge in [0.05, 0.1) is 0 Å². The van der Waals surface area contributed by atoms with Crippen LogP contribution in [0.4, 0.5) is 5.95 Å². The Labute approximate surface area is 95.8 Å². The number of allylic oxidation sites excluding steroid dienone is 1. The molecule has 0 fully saturated rings. The van der Waals surface area contributed by atoms with E-state index >= 15 is 0 Å². The Kier molecular flexibility index (Phi) is 4.17. The van der Waals surface area contributed by atoms with E-state index in [-0.39, 0.29) is 11.8 Å². The Balaban J connectivity index is 2.60. The van der Waals surface area contributed by atoms with Gasteiger partial charge in [-0.25, -0.2) is 9.97 Å². The van der Waals surface area contributed by atoms with Gasteiger partial charge >= 0.3 is 0 Å². The molecule has 0 spiro atoms. The first kappa shape index (κ1) is 12.4. The van der Waals surface area contributed by atoms with Crippen LogP contribution in [0, 0.1) is 12.8 Å². The van der Waals surface area contributed by atoms with Crippen LogP contribution >= 0.6 is 0 Å². The first-order chi connectivity index (χ1) is 7.49. The van der Waals surface area contributed by atoms with Crippen LogP contribution < -0.4 is 5.32 Å². The minimum absolute atomic E-state index is 0.0754. The fourth-order valence-corrected chi connectivity index (χ4v) is 1.36. The third kappa shape index (κ3) is 3.81. The van der Waals surface area contributed by atoms with E-state index in [0.29, 0.717) is 12.4 Å². The van der Waals surface area contributed by atoms with E-state index in [4.69, 9.17) is 0 Å². The number of hydrogen-bond donors (Lipinski definition) is 1. The van der Waals surface area contributed by atoms with Gasteiger partial charge in [0.15, 0.2) is 0 Å². The fraction of sp³-hybridized carbons (Fsp3) is 0.417. The number of aromatic nitrogens is 2. The second kappa shape index (κ2) is 5.39. The molecule has 1 N–H and O–H groups in total. The topological polar surface area (TPSA) is 54.9 Å². The summed E-state index contributed by atoms with van der Waals surface area (Å²) in [6.07, 6.45) is 2.30. The number of rotatable bonds is 4. The molecule has 1 heterocycles. The van der Waals surface area contributed by atoms with E-state index in [0.717, 1.165) is 11.3 Å². The predicted octanol–water partition coefficient (Wildman–Crippen LogP) is 2.33. The molecule has 16 heavy (non-hydrogen) atoms. The van der Waals surface area contributed by atoms with Crippen LogP contribution in [0.1, 0.15) is 26.0 Å². The van der Waals surface area contributed by atoms with Crippen molar-refractivity contribution in [2.75, 3.05) is 5.32 Å². The molecular formula is C12H17N3O. The summed E-state index contributed by atoms with van der Waals surface area (Å²) in [5, 5.41) is 2.69. The standard InChI is InChI=1S/C12H17N3O/c1-8(2)7-9(3)11(16)15-12-13-6-5-10(4)14-12/h5-6,9H,1,7H2,2-4H3,(H,13,14,15,16)/t9-/m0/s1. The summed E-state index contributed by atoms with van der Waals surface area (Å²) in [6, 6.07) is 1.78. The number of nitrogens with zero attached hydrogens (tertiary/aromatic N) is 2. The van der Waals surface area contributed by atoms with Gasteiger partial charge in [-0.2, -0.15) is 0 Å². The van der Waals surface area contributed by atoms with Gasteiger partial charge < -0.3 is 0 Å². The molecule has 0 aromatic carbocycles. The van der Waals surface area contributed by atoms with Crippen LogP contribution in [-0.4, -0.2) is 15.9 Å². The quantitative estimate of drug-likeness (QED) is 0.791. The highest BCUT2D eigenvalue weighted by atomic mass is 16.2. The largest absolute Gasteiger partial charge is 0.294 e. The van der Waals surface area contributed by atoms with Gasteiger partial charge in [0.2, 0.25) is 11.9 Å². The van der Waals surface area contributed by atoms with Crippen LogP contribution in [-0.2, 0) is 4.79 Å². The van der Waals surface area contributed by atoms with E-state index < -0.39 is 0 Å². The lowest BCUT2D eigenvalue weighted by Gasteiger charge is -2.10. The molecule has 0 aliphatic carbocycles. The van der Waals surface area contributed by atoms with Crippen LogP contribution in [0.2, 0.25) is 0 Å². The predicted molar refractivity (Wildman–Crippen MR) is 64.0 cm³/mol. The molecule has 0 saturated heterocycles. The molecule has 0 saturated carbocycles. The molecular weight excluding hydrogens is 202 g/mol. The second-order valence-electron chi connectivity index (χ2n) is 4.07. The molecule has 1 aromatic rings. The first-order valence-electron chi connectivity index (χ1n) is 5.24. The SMILES string of the molecule is C=C(C)C[C@H](C)C(=O)Nc1nccc(C)n1. The third-order valence-electron chi connectivity index (χ3n) is 2.13. The van der Waals surface area contributed by atoms with E-state index in [2.05, 4.69) is 21.9 Å². The molecule has 1 atom stereocenters. The highest BCUT2D eigenvalue weighted by Crippen LogP contribution is 2.11. The van der Waals surface area contributed by atoms with Gasteiger partial charge in [-0.15, -0.1) is 6.58 Å². The fourth-order valence-electron chi connectivity index (χ4n) is 1.36. The first-order valence-corrected chi connectivity index (χ1v) is 5.24. The number of amides is 1. The third-order valence-corrected chi connectivity index (χ3v) is 2.13. The van der Waals surface area contributed by atoms with Crippen molar-refractivity contribution in [3.8, 4) is 0 Å². The van der Waals surface area contributed by atoms with Crippen molar-refractivity contribution in [3.63, 3.8) is 0 Å². The lowest BCUT2D eigenvalue weighted by atomic mass is 10.0. The smallest absolute Gasteiger partial charge is 0.229 e. The number of hydrogen-bond acceptors (Lipinski definition) is 3. The maximum absolute atomic E-state index is 11.7. The van der Waals surface area contributed by atoms with Crippen LogP contribution in [0.25, 0.3) is 0 Å². The van der Waals surface area contributed by atoms with Gasteiger partial charge in [0, 0.05) is 17.8 Å². The summed E-state index contributed by atoms with van der Waals surface area (Å²) in [5.41, 5.74) is 1.82. The zero-order chi connectivity index (χ0) is 12.1. The Morgan fingerprint density at radius 3 is 2.88 bits per heavy atom. The Morgan fingerprint density at radius 1 is 1.62 bits per heavy atom. The Hall–Kier alpha value is -1.71. The Morgan fingerprint density at radius 2 is 2.31 bits per heavy atom. The number of carbonyl (C=O) groups excluding carboxylic acids is 1. The molecule has 86 valence electrons. The van der Waals surface area contributed by atoms with E-state index in [9.17, 15) is 4.79 Å². The van der Waals surface area contributed by atoms with Gasteiger partial charge in [-0.05, 0) is 26.3 Å². The van der Waals surface area contributed by atoms with Crippen molar-refractivity contribution in [2.24, 2.45) is 5.92 Å². The Bertz CT molecular complexity index is 401. The summed E-state index contributed by atoms with van der Waals surface area (Å²) in [7, 11) is 0. The molecule has 1 amide bonds. The number of nitrogens with one attached hydrogen (secondary N) is 1. The summed E-state index contributed by atoms with van der Waals surface area (Å²) in [6.45, 7) is 9.41. The van der Waals surface area contributed by atoms with Crippen molar-refractivity contribution in [2.45, 2.75) is 27.2 Å². The van der Waals surface area contributed by atoms with Crippen molar-refractivity contribution < 1.29 is 4.79 Å². The normalized spacial score (nSPS) is 11.9. The highest BCUT2D eigenvalue weighted by Gasteiger charge is 2.13. The average Bonchev–Trinajstić information content (AvgIpc) is 2.16. The van der Waals surface area contributed by atoms with Crippen molar-refractivity contribution in [3.05, 3.63) is 30.1 Å². The zero-order valence-corrected chi connectivity index (χ0v) is 9.95. The number of aryl methyl sites for hydroxylation is 1.